The minimum atomic E-state index is 0.751. The van der Waals surface area contributed by atoms with Crippen molar-refractivity contribution in [3.63, 3.8) is 0 Å². The second-order valence-electron chi connectivity index (χ2n) is 2.79. The van der Waals surface area contributed by atoms with E-state index in [4.69, 9.17) is 4.42 Å². The first kappa shape index (κ1) is 10.1. The van der Waals surface area contributed by atoms with Crippen LogP contribution in [-0.4, -0.2) is 4.98 Å². The summed E-state index contributed by atoms with van der Waals surface area (Å²) in [6, 6.07) is 3.94. The third-order valence-corrected chi connectivity index (χ3v) is 2.93. The molecule has 5 heteroatoms. The van der Waals surface area contributed by atoms with E-state index in [-0.39, 0.29) is 0 Å². The lowest BCUT2D eigenvalue weighted by molar-refractivity contribution is 0.462. The van der Waals surface area contributed by atoms with Crippen molar-refractivity contribution in [2.45, 2.75) is 13.1 Å². The van der Waals surface area contributed by atoms with Crippen molar-refractivity contribution in [1.29, 1.82) is 0 Å². The molecule has 2 heterocycles. The Hall–Kier alpha value is -0.400. The van der Waals surface area contributed by atoms with Gasteiger partial charge in [-0.2, -0.15) is 0 Å². The normalized spacial score (nSPS) is 10.6. The molecule has 2 aromatic heterocycles. The van der Waals surface area contributed by atoms with Gasteiger partial charge in [-0.25, -0.2) is 4.98 Å². The molecule has 0 bridgehead atoms. The molecule has 1 N–H and O–H groups in total. The maximum Gasteiger partial charge on any atom is 0.164 e. The first-order chi connectivity index (χ1) is 6.84. The van der Waals surface area contributed by atoms with E-state index in [1.54, 1.807) is 11.3 Å². The molecule has 0 aromatic carbocycles. The molecule has 0 spiro atoms. The highest BCUT2D eigenvalue weighted by molar-refractivity contribution is 14.1. The van der Waals surface area contributed by atoms with Crippen molar-refractivity contribution in [1.82, 2.24) is 10.3 Å². The summed E-state index contributed by atoms with van der Waals surface area (Å²) in [5.41, 5.74) is 2.92. The van der Waals surface area contributed by atoms with Crippen LogP contribution in [0, 0.1) is 3.77 Å². The number of aromatic nitrogens is 1. The van der Waals surface area contributed by atoms with Crippen LogP contribution in [0.15, 0.2) is 27.4 Å². The van der Waals surface area contributed by atoms with Gasteiger partial charge in [-0.15, -0.1) is 11.3 Å². The summed E-state index contributed by atoms with van der Waals surface area (Å²) in [4.78, 5) is 4.18. The zero-order chi connectivity index (χ0) is 9.80. The largest absolute Gasteiger partial charge is 0.454 e. The predicted molar refractivity (Wildman–Crippen MR) is 64.1 cm³/mol. The fourth-order valence-electron chi connectivity index (χ4n) is 1.09. The molecule has 0 saturated heterocycles. The number of halogens is 1. The Morgan fingerprint density at radius 2 is 2.36 bits per heavy atom. The van der Waals surface area contributed by atoms with E-state index in [9.17, 15) is 0 Å². The molecular formula is C9H9IN2OS. The standard InChI is InChI=1S/C9H9IN2OS/c10-9-2-1-8(13-9)4-11-3-7-5-14-6-12-7/h1-2,5-6,11H,3-4H2. The van der Waals surface area contributed by atoms with Crippen LogP contribution in [0.1, 0.15) is 11.5 Å². The molecule has 74 valence electrons. The van der Waals surface area contributed by atoms with Crippen molar-refractivity contribution >= 4 is 33.9 Å². The van der Waals surface area contributed by atoms with Crippen LogP contribution in [0.4, 0.5) is 0 Å². The second kappa shape index (κ2) is 4.90. The van der Waals surface area contributed by atoms with Crippen LogP contribution in [0.5, 0.6) is 0 Å². The van der Waals surface area contributed by atoms with Gasteiger partial charge in [-0.05, 0) is 34.7 Å². The molecule has 2 aromatic rings. The lowest BCUT2D eigenvalue weighted by atomic mass is 10.4. The molecule has 3 nitrogen and oxygen atoms in total. The fraction of sp³-hybridized carbons (Fsp3) is 0.222. The predicted octanol–water partition coefficient (Wildman–Crippen LogP) is 2.63. The highest BCUT2D eigenvalue weighted by Crippen LogP contribution is 2.09. The van der Waals surface area contributed by atoms with E-state index in [1.165, 1.54) is 0 Å². The summed E-state index contributed by atoms with van der Waals surface area (Å²) in [6.45, 7) is 1.54. The number of hydrogen-bond donors (Lipinski definition) is 1. The molecule has 0 atom stereocenters. The van der Waals surface area contributed by atoms with Gasteiger partial charge in [0.2, 0.25) is 0 Å². The number of hydrogen-bond acceptors (Lipinski definition) is 4. The Balaban J connectivity index is 1.78. The average molecular weight is 320 g/mol. The summed E-state index contributed by atoms with van der Waals surface area (Å²) in [7, 11) is 0. The Morgan fingerprint density at radius 3 is 3.00 bits per heavy atom. The van der Waals surface area contributed by atoms with Crippen molar-refractivity contribution < 1.29 is 4.42 Å². The van der Waals surface area contributed by atoms with Crippen LogP contribution >= 0.6 is 33.9 Å². The summed E-state index contributed by atoms with van der Waals surface area (Å²) in [5, 5.41) is 5.31. The monoisotopic (exact) mass is 320 g/mol. The highest BCUT2D eigenvalue weighted by Gasteiger charge is 1.99. The Kier molecular flexibility index (Phi) is 3.55. The van der Waals surface area contributed by atoms with Gasteiger partial charge in [0.15, 0.2) is 3.77 Å². The van der Waals surface area contributed by atoms with Crippen LogP contribution in [0.3, 0.4) is 0 Å². The molecule has 0 radical (unpaired) electrons. The van der Waals surface area contributed by atoms with Crippen molar-refractivity contribution in [2.24, 2.45) is 0 Å². The number of furan rings is 1. The Labute approximate surface area is 99.7 Å². The first-order valence-electron chi connectivity index (χ1n) is 4.16. The molecule has 0 aliphatic carbocycles. The SMILES string of the molecule is Ic1ccc(CNCc2cscn2)o1. The number of nitrogens with zero attached hydrogens (tertiary/aromatic N) is 1. The van der Waals surface area contributed by atoms with Gasteiger partial charge < -0.3 is 9.73 Å². The number of rotatable bonds is 4. The summed E-state index contributed by atoms with van der Waals surface area (Å²) in [6.07, 6.45) is 0. The molecule has 0 unspecified atom stereocenters. The maximum absolute atomic E-state index is 5.41. The third-order valence-electron chi connectivity index (χ3n) is 1.72. The lowest BCUT2D eigenvalue weighted by Crippen LogP contribution is -2.12. The highest BCUT2D eigenvalue weighted by atomic mass is 127. The zero-order valence-corrected chi connectivity index (χ0v) is 10.3. The van der Waals surface area contributed by atoms with Crippen molar-refractivity contribution in [3.8, 4) is 0 Å². The molecule has 0 aliphatic heterocycles. The van der Waals surface area contributed by atoms with Gasteiger partial charge in [0.25, 0.3) is 0 Å². The maximum atomic E-state index is 5.41. The van der Waals surface area contributed by atoms with Gasteiger partial charge in [-0.1, -0.05) is 0 Å². The quantitative estimate of drug-likeness (QED) is 0.880. The molecule has 0 amide bonds. The Bertz CT molecular complexity index is 385. The minimum Gasteiger partial charge on any atom is -0.454 e. The lowest BCUT2D eigenvalue weighted by Gasteiger charge is -1.98. The smallest absolute Gasteiger partial charge is 0.164 e. The van der Waals surface area contributed by atoms with Gasteiger partial charge in [0.05, 0.1) is 17.7 Å². The van der Waals surface area contributed by atoms with E-state index in [1.807, 2.05) is 23.0 Å². The van der Waals surface area contributed by atoms with E-state index >= 15 is 0 Å². The van der Waals surface area contributed by atoms with E-state index < -0.39 is 0 Å². The second-order valence-corrected chi connectivity index (χ2v) is 4.57. The summed E-state index contributed by atoms with van der Waals surface area (Å²) in [5.74, 6) is 0.963. The van der Waals surface area contributed by atoms with E-state index in [2.05, 4.69) is 32.9 Å². The van der Waals surface area contributed by atoms with Crippen molar-refractivity contribution in [3.05, 3.63) is 38.2 Å². The molecule has 2 rings (SSSR count). The molecule has 0 aliphatic rings. The van der Waals surface area contributed by atoms with Gasteiger partial charge in [0, 0.05) is 11.9 Å². The van der Waals surface area contributed by atoms with Crippen LogP contribution in [0.2, 0.25) is 0 Å². The van der Waals surface area contributed by atoms with E-state index in [0.29, 0.717) is 0 Å². The summed E-state index contributed by atoms with van der Waals surface area (Å²) < 4.78 is 6.33. The first-order valence-corrected chi connectivity index (χ1v) is 6.19. The molecular weight excluding hydrogens is 311 g/mol. The van der Waals surface area contributed by atoms with Crippen LogP contribution < -0.4 is 5.32 Å². The Morgan fingerprint density at radius 1 is 1.43 bits per heavy atom. The summed E-state index contributed by atoms with van der Waals surface area (Å²) >= 11 is 3.77. The number of nitrogens with one attached hydrogen (secondary N) is 1. The van der Waals surface area contributed by atoms with E-state index in [0.717, 1.165) is 28.3 Å². The topological polar surface area (TPSA) is 38.1 Å². The zero-order valence-electron chi connectivity index (χ0n) is 7.37. The van der Waals surface area contributed by atoms with Crippen LogP contribution in [-0.2, 0) is 13.1 Å². The molecule has 14 heavy (non-hydrogen) atoms. The van der Waals surface area contributed by atoms with Crippen molar-refractivity contribution in [2.75, 3.05) is 0 Å². The average Bonchev–Trinajstić information content (AvgIpc) is 2.77. The molecule has 0 fully saturated rings. The third kappa shape index (κ3) is 2.79. The number of thiazole rings is 1. The minimum absolute atomic E-state index is 0.751. The fourth-order valence-corrected chi connectivity index (χ4v) is 2.11. The van der Waals surface area contributed by atoms with Gasteiger partial charge in [-0.3, -0.25) is 0 Å². The van der Waals surface area contributed by atoms with Gasteiger partial charge in [0.1, 0.15) is 5.76 Å². The molecule has 0 saturated carbocycles. The van der Waals surface area contributed by atoms with Crippen LogP contribution in [0.25, 0.3) is 0 Å². The van der Waals surface area contributed by atoms with Gasteiger partial charge >= 0.3 is 0 Å².